The number of nitrogens with zero attached hydrogens (tertiary/aromatic N) is 3. The maximum atomic E-state index is 11.9. The van der Waals surface area contributed by atoms with Gasteiger partial charge in [0.05, 0.1) is 21.9 Å². The van der Waals surface area contributed by atoms with Crippen LogP contribution in [0.25, 0.3) is 0 Å². The van der Waals surface area contributed by atoms with Crippen molar-refractivity contribution in [3.05, 3.63) is 34.9 Å². The van der Waals surface area contributed by atoms with Crippen molar-refractivity contribution in [2.45, 2.75) is 50.7 Å². The van der Waals surface area contributed by atoms with E-state index in [1.165, 1.54) is 0 Å². The Hall–Kier alpha value is -1.56. The molecule has 0 aliphatic carbocycles. The second-order valence-electron chi connectivity index (χ2n) is 7.40. The predicted molar refractivity (Wildman–Crippen MR) is 127 cm³/mol. The molecule has 2 rings (SSSR count). The van der Waals surface area contributed by atoms with Crippen LogP contribution in [0, 0.1) is 0 Å². The van der Waals surface area contributed by atoms with Crippen molar-refractivity contribution in [3.63, 3.8) is 0 Å². The zero-order chi connectivity index (χ0) is 22.5. The van der Waals surface area contributed by atoms with Crippen LogP contribution in [0.4, 0.5) is 17.5 Å². The van der Waals surface area contributed by atoms with Gasteiger partial charge in [-0.15, -0.1) is 3.77 Å². The molecule has 166 valence electrons. The number of sulfonamides is 1. The Labute approximate surface area is 189 Å². The van der Waals surface area contributed by atoms with E-state index in [0.717, 1.165) is 10.6 Å². The van der Waals surface area contributed by atoms with Crippen LogP contribution < -0.4 is 10.6 Å². The van der Waals surface area contributed by atoms with Gasteiger partial charge in [0.2, 0.25) is 5.95 Å². The first-order chi connectivity index (χ1) is 13.9. The van der Waals surface area contributed by atoms with E-state index in [0.29, 0.717) is 22.7 Å². The highest BCUT2D eigenvalue weighted by Gasteiger charge is 2.23. The molecular weight excluding hydrogens is 490 g/mol. The second-order valence-corrected chi connectivity index (χ2v) is 11.8. The molecule has 0 spiro atoms. The molecule has 0 radical (unpaired) electrons. The summed E-state index contributed by atoms with van der Waals surface area (Å²) in [5.74, 6) is 1.02. The van der Waals surface area contributed by atoms with Gasteiger partial charge in [-0.3, -0.25) is 0 Å². The van der Waals surface area contributed by atoms with Crippen LogP contribution >= 0.6 is 15.9 Å². The minimum atomic E-state index is -3.39. The highest BCUT2D eigenvalue weighted by atomic mass is 79.9. The zero-order valence-electron chi connectivity index (χ0n) is 17.7. The molecule has 8 nitrogen and oxygen atoms in total. The third-order valence-corrected chi connectivity index (χ3v) is 8.56. The van der Waals surface area contributed by atoms with E-state index in [1.807, 2.05) is 38.1 Å². The number of aromatic nitrogens is 2. The number of benzene rings is 1. The van der Waals surface area contributed by atoms with Crippen molar-refractivity contribution in [3.8, 4) is 0 Å². The quantitative estimate of drug-likeness (QED) is 0.458. The fourth-order valence-electron chi connectivity index (χ4n) is 2.28. The van der Waals surface area contributed by atoms with Crippen molar-refractivity contribution in [1.29, 1.82) is 0 Å². The monoisotopic (exact) mass is 517 g/mol. The molecule has 0 bridgehead atoms. The normalized spacial score (nSPS) is 14.4. The van der Waals surface area contributed by atoms with Crippen LogP contribution in [0.3, 0.4) is 0 Å². The van der Waals surface area contributed by atoms with Crippen molar-refractivity contribution < 1.29 is 13.5 Å². The molecule has 0 unspecified atom stereocenters. The Morgan fingerprint density at radius 1 is 1.30 bits per heavy atom. The second kappa shape index (κ2) is 10.2. The lowest BCUT2D eigenvalue weighted by molar-refractivity contribution is 0.0647. The first kappa shape index (κ1) is 24.7. The molecule has 2 atom stereocenters. The lowest BCUT2D eigenvalue weighted by Crippen LogP contribution is -2.39. The van der Waals surface area contributed by atoms with E-state index in [9.17, 15) is 13.5 Å². The van der Waals surface area contributed by atoms with Crippen molar-refractivity contribution >= 4 is 54.1 Å². The number of anilines is 3. The molecule has 0 saturated heterocycles. The number of rotatable bonds is 9. The number of hydrogen-bond donors (Lipinski definition) is 3. The smallest absolute Gasteiger partial charge is 0.258 e. The maximum absolute atomic E-state index is 11.9. The van der Waals surface area contributed by atoms with Crippen molar-refractivity contribution in [2.75, 3.05) is 22.6 Å². The molecule has 11 heteroatoms. The van der Waals surface area contributed by atoms with E-state index in [2.05, 4.69) is 40.3 Å². The van der Waals surface area contributed by atoms with E-state index in [-0.39, 0.29) is 11.8 Å². The SMILES string of the molecule is CCCS(=O)(=O)N=[S@@](C)c1ccc(Nc2ncc(Br)c(N[C@H](C)C(C)(C)O)n2)cc1. The largest absolute Gasteiger partial charge is 0.388 e. The molecule has 1 aromatic carbocycles. The van der Waals surface area contributed by atoms with Gasteiger partial charge in [-0.1, -0.05) is 17.6 Å². The summed E-state index contributed by atoms with van der Waals surface area (Å²) in [6, 6.07) is 7.11. The van der Waals surface area contributed by atoms with Gasteiger partial charge in [-0.05, 0) is 73.6 Å². The Kier molecular flexibility index (Phi) is 8.37. The van der Waals surface area contributed by atoms with E-state index in [1.54, 1.807) is 26.3 Å². The Morgan fingerprint density at radius 2 is 1.93 bits per heavy atom. The average molecular weight is 519 g/mol. The Bertz CT molecular complexity index is 1010. The predicted octanol–water partition coefficient (Wildman–Crippen LogP) is 4.08. The fourth-order valence-corrected chi connectivity index (χ4v) is 5.64. The van der Waals surface area contributed by atoms with Gasteiger partial charge in [0.25, 0.3) is 10.0 Å². The van der Waals surface area contributed by atoms with Gasteiger partial charge < -0.3 is 15.7 Å². The number of nitrogens with one attached hydrogen (secondary N) is 2. The van der Waals surface area contributed by atoms with Crippen molar-refractivity contribution in [2.24, 2.45) is 3.77 Å². The van der Waals surface area contributed by atoms with Crippen LogP contribution in [-0.4, -0.2) is 47.1 Å². The first-order valence-electron chi connectivity index (χ1n) is 9.41. The molecule has 0 amide bonds. The molecule has 30 heavy (non-hydrogen) atoms. The standard InChI is InChI=1S/C19H28BrN5O3S2/c1-6-11-30(27,28)25-29(5)15-9-7-14(8-10-15)23-18-21-12-16(20)17(24-18)22-13(2)19(3,4)26/h7-10,12-13,26H,6,11H2,1-5H3,(H2,21,22,23,24)/t13-,29+/m1/s1. The fraction of sp³-hybridized carbons (Fsp3) is 0.474. The van der Waals surface area contributed by atoms with Crippen molar-refractivity contribution in [1.82, 2.24) is 9.97 Å². The molecule has 0 saturated carbocycles. The van der Waals surface area contributed by atoms with Gasteiger partial charge in [-0.2, -0.15) is 4.98 Å². The van der Waals surface area contributed by atoms with Gasteiger partial charge in [0, 0.05) is 16.8 Å². The highest BCUT2D eigenvalue weighted by Crippen LogP contribution is 2.25. The lowest BCUT2D eigenvalue weighted by Gasteiger charge is -2.27. The summed E-state index contributed by atoms with van der Waals surface area (Å²) >= 11 is 3.42. The van der Waals surface area contributed by atoms with Gasteiger partial charge in [-0.25, -0.2) is 13.4 Å². The summed E-state index contributed by atoms with van der Waals surface area (Å²) in [6.45, 7) is 7.13. The van der Waals surface area contributed by atoms with E-state index >= 15 is 0 Å². The topological polar surface area (TPSA) is 117 Å². The number of hydrogen-bond acceptors (Lipinski definition) is 7. The van der Waals surface area contributed by atoms with Crippen LogP contribution in [0.5, 0.6) is 0 Å². The summed E-state index contributed by atoms with van der Waals surface area (Å²) in [7, 11) is -4.14. The third kappa shape index (κ3) is 7.29. The van der Waals surface area contributed by atoms with Crippen LogP contribution in [0.2, 0.25) is 0 Å². The van der Waals surface area contributed by atoms with Gasteiger partial charge >= 0.3 is 0 Å². The summed E-state index contributed by atoms with van der Waals surface area (Å²) in [6.07, 6.45) is 3.96. The minimum Gasteiger partial charge on any atom is -0.388 e. The molecular formula is C19H28BrN5O3S2. The molecule has 3 N–H and O–H groups in total. The zero-order valence-corrected chi connectivity index (χ0v) is 20.9. The van der Waals surface area contributed by atoms with Crippen LogP contribution in [0.1, 0.15) is 34.1 Å². The lowest BCUT2D eigenvalue weighted by atomic mass is 10.0. The van der Waals surface area contributed by atoms with Gasteiger partial charge in [0.15, 0.2) is 0 Å². The molecule has 1 aromatic heterocycles. The Balaban J connectivity index is 2.16. The summed E-state index contributed by atoms with van der Waals surface area (Å²) in [5, 5.41) is 16.4. The molecule has 2 aromatic rings. The molecule has 1 heterocycles. The van der Waals surface area contributed by atoms with Gasteiger partial charge in [0.1, 0.15) is 5.82 Å². The third-order valence-electron chi connectivity index (χ3n) is 4.30. The summed E-state index contributed by atoms with van der Waals surface area (Å²) < 4.78 is 28.5. The van der Waals surface area contributed by atoms with Crippen LogP contribution in [0.15, 0.2) is 43.6 Å². The first-order valence-corrected chi connectivity index (χ1v) is 13.4. The average Bonchev–Trinajstić information content (AvgIpc) is 2.63. The molecule has 0 aliphatic rings. The maximum Gasteiger partial charge on any atom is 0.258 e. The van der Waals surface area contributed by atoms with E-state index < -0.39 is 26.3 Å². The summed E-state index contributed by atoms with van der Waals surface area (Å²) in [4.78, 5) is 9.55. The van der Waals surface area contributed by atoms with Crippen LogP contribution in [-0.2, 0) is 20.7 Å². The summed E-state index contributed by atoms with van der Waals surface area (Å²) in [5.41, 5.74) is -0.156. The molecule has 0 fully saturated rings. The minimum absolute atomic E-state index is 0.0628. The molecule has 0 aliphatic heterocycles. The number of halogens is 1. The highest BCUT2D eigenvalue weighted by molar-refractivity contribution is 9.10. The number of aliphatic hydroxyl groups is 1. The Morgan fingerprint density at radius 3 is 2.50 bits per heavy atom. The van der Waals surface area contributed by atoms with E-state index in [4.69, 9.17) is 0 Å².